The zero-order valence-corrected chi connectivity index (χ0v) is 49.8. The molecule has 3 aliphatic heterocycles. The predicted molar refractivity (Wildman–Crippen MR) is 306 cm³/mol. The van der Waals surface area contributed by atoms with Crippen molar-refractivity contribution in [1.82, 2.24) is 52.3 Å². The molecule has 3 saturated heterocycles. The zero-order valence-electron chi connectivity index (χ0n) is 49.8. The molecule has 464 valence electrons. The number of hydrogen-bond donors (Lipinski definition) is 12. The maximum Gasteiger partial charge on any atom is 0.246 e. The Morgan fingerprint density at radius 2 is 1.07 bits per heavy atom. The SMILES string of the molecule is CCCCCCC[C@@H]1CC(=O)N[C@@H](CCC(N)=O)C(=O)N2C[C@H](O)C[C@H]2C(=O)N2C[C@H](O)C[C@H]2C(=O)N[C@@H](Cc2ccc(O)cc2)C(=O)N[C@H](CC(C)C)C(=O)N[C@@H](C(C)C)C(=O)N[C@H](C(C)C)C(=O)N[C@@H](CC(C)C)C(=O)NCC(=O)N1. The van der Waals surface area contributed by atoms with Crippen molar-refractivity contribution in [3.8, 4) is 5.75 Å². The molecule has 0 saturated carbocycles. The van der Waals surface area contributed by atoms with Crippen molar-refractivity contribution in [2.45, 2.75) is 219 Å². The second-order valence-corrected chi connectivity index (χ2v) is 24.1. The minimum absolute atomic E-state index is 0.0498. The fraction of sp³-hybridized carbons (Fsp3) is 0.707. The van der Waals surface area contributed by atoms with Crippen LogP contribution < -0.4 is 48.3 Å². The van der Waals surface area contributed by atoms with Crippen molar-refractivity contribution in [2.24, 2.45) is 29.4 Å². The second-order valence-electron chi connectivity index (χ2n) is 24.1. The molecule has 0 aliphatic carbocycles. The summed E-state index contributed by atoms with van der Waals surface area (Å²) in [5.41, 5.74) is 5.98. The molecule has 1 aromatic carbocycles. The maximum atomic E-state index is 14.7. The Kier molecular flexibility index (Phi) is 27.1. The highest BCUT2D eigenvalue weighted by atomic mass is 16.3. The molecule has 0 bridgehead atoms. The summed E-state index contributed by atoms with van der Waals surface area (Å²) in [6.45, 7) is 14.7. The van der Waals surface area contributed by atoms with Crippen molar-refractivity contribution < 1.29 is 68.1 Å². The van der Waals surface area contributed by atoms with Crippen LogP contribution in [0.1, 0.15) is 151 Å². The lowest BCUT2D eigenvalue weighted by molar-refractivity contribution is -0.148. The van der Waals surface area contributed by atoms with Crippen LogP contribution in [0.2, 0.25) is 0 Å². The Morgan fingerprint density at radius 1 is 0.566 bits per heavy atom. The van der Waals surface area contributed by atoms with Crippen molar-refractivity contribution in [3.63, 3.8) is 0 Å². The molecule has 3 fully saturated rings. The fourth-order valence-corrected chi connectivity index (χ4v) is 10.7. The summed E-state index contributed by atoms with van der Waals surface area (Å²) >= 11 is 0. The first-order valence-corrected chi connectivity index (χ1v) is 29.5. The number of unbranched alkanes of at least 4 members (excludes halogenated alkanes) is 4. The first kappa shape index (κ1) is 68.6. The number of hydrogen-bond acceptors (Lipinski definition) is 14. The lowest BCUT2D eigenvalue weighted by Gasteiger charge is -2.33. The van der Waals surface area contributed by atoms with Gasteiger partial charge in [-0.05, 0) is 67.1 Å². The molecule has 0 spiro atoms. The van der Waals surface area contributed by atoms with Gasteiger partial charge in [0.1, 0.15) is 54.1 Å². The smallest absolute Gasteiger partial charge is 0.246 e. The Bertz CT molecular complexity index is 2420. The van der Waals surface area contributed by atoms with Crippen LogP contribution in [0.3, 0.4) is 0 Å². The molecule has 83 heavy (non-hydrogen) atoms. The number of amides is 11. The van der Waals surface area contributed by atoms with Gasteiger partial charge in [-0.2, -0.15) is 0 Å². The third kappa shape index (κ3) is 21.7. The number of fused-ring (bicyclic) bond motifs is 2. The van der Waals surface area contributed by atoms with Gasteiger partial charge in [0.2, 0.25) is 65.0 Å². The van der Waals surface area contributed by atoms with Gasteiger partial charge < -0.3 is 73.4 Å². The first-order chi connectivity index (χ1) is 39.1. The number of phenolic OH excluding ortho intramolecular Hbond substituents is 1. The number of nitrogens with two attached hydrogens (primary N) is 1. The molecule has 25 nitrogen and oxygen atoms in total. The van der Waals surface area contributed by atoms with Gasteiger partial charge in [0.05, 0.1) is 18.8 Å². The van der Waals surface area contributed by atoms with Gasteiger partial charge in [-0.1, -0.05) is 107 Å². The van der Waals surface area contributed by atoms with Crippen molar-refractivity contribution in [3.05, 3.63) is 29.8 Å². The predicted octanol–water partition coefficient (Wildman–Crippen LogP) is -0.198. The highest BCUT2D eigenvalue weighted by Crippen LogP contribution is 2.28. The Morgan fingerprint density at radius 3 is 1.64 bits per heavy atom. The van der Waals surface area contributed by atoms with E-state index in [1.165, 1.54) is 24.3 Å². The number of primary amides is 1. The minimum atomic E-state index is -1.47. The number of rotatable bonds is 17. The molecule has 0 unspecified atom stereocenters. The number of carbonyl (C=O) groups excluding carboxylic acids is 11. The van der Waals surface area contributed by atoms with E-state index >= 15 is 0 Å². The van der Waals surface area contributed by atoms with E-state index in [0.29, 0.717) is 18.4 Å². The van der Waals surface area contributed by atoms with E-state index in [1.54, 1.807) is 41.5 Å². The molecule has 11 amide bonds. The van der Waals surface area contributed by atoms with Crippen molar-refractivity contribution >= 4 is 65.0 Å². The van der Waals surface area contributed by atoms with E-state index in [1.807, 2.05) is 13.8 Å². The van der Waals surface area contributed by atoms with E-state index in [2.05, 4.69) is 49.5 Å². The average molecular weight is 1170 g/mol. The third-order valence-corrected chi connectivity index (χ3v) is 15.1. The van der Waals surface area contributed by atoms with Crippen LogP contribution in [-0.4, -0.2) is 176 Å². The molecule has 3 heterocycles. The molecule has 3 aliphatic rings. The molecule has 13 N–H and O–H groups in total. The van der Waals surface area contributed by atoms with Gasteiger partial charge in [0.25, 0.3) is 0 Å². The van der Waals surface area contributed by atoms with Gasteiger partial charge in [0, 0.05) is 51.2 Å². The summed E-state index contributed by atoms with van der Waals surface area (Å²) in [6.07, 6.45) is 0.306. The fourth-order valence-electron chi connectivity index (χ4n) is 10.7. The lowest BCUT2D eigenvalue weighted by Crippen LogP contribution is -2.61. The second kappa shape index (κ2) is 32.8. The third-order valence-electron chi connectivity index (χ3n) is 15.1. The summed E-state index contributed by atoms with van der Waals surface area (Å²) in [5, 5.41) is 53.9. The first-order valence-electron chi connectivity index (χ1n) is 29.5. The minimum Gasteiger partial charge on any atom is -0.508 e. The zero-order chi connectivity index (χ0) is 61.8. The summed E-state index contributed by atoms with van der Waals surface area (Å²) in [5.74, 6) is -10.1. The van der Waals surface area contributed by atoms with E-state index in [0.717, 1.165) is 35.5 Å². The van der Waals surface area contributed by atoms with Crippen molar-refractivity contribution in [1.29, 1.82) is 0 Å². The number of carbonyl (C=O) groups is 11. The van der Waals surface area contributed by atoms with Crippen LogP contribution in [0.5, 0.6) is 5.75 Å². The van der Waals surface area contributed by atoms with Crippen LogP contribution in [0.4, 0.5) is 0 Å². The molecule has 0 radical (unpaired) electrons. The quantitative estimate of drug-likeness (QED) is 0.0900. The topological polar surface area (TPSA) is 377 Å². The van der Waals surface area contributed by atoms with Crippen LogP contribution in [0.15, 0.2) is 24.3 Å². The Hall–Kier alpha value is -6.89. The Balaban J connectivity index is 1.81. The van der Waals surface area contributed by atoms with Gasteiger partial charge in [-0.25, -0.2) is 0 Å². The highest BCUT2D eigenvalue weighted by Gasteiger charge is 2.48. The molecule has 25 heteroatoms. The molecule has 11 atom stereocenters. The Labute approximate surface area is 487 Å². The summed E-state index contributed by atoms with van der Waals surface area (Å²) < 4.78 is 0. The summed E-state index contributed by atoms with van der Waals surface area (Å²) in [7, 11) is 0. The number of benzene rings is 1. The van der Waals surface area contributed by atoms with E-state index in [4.69, 9.17) is 5.73 Å². The highest BCUT2D eigenvalue weighted by molar-refractivity contribution is 5.99. The van der Waals surface area contributed by atoms with Gasteiger partial charge in [0.15, 0.2) is 0 Å². The molecular weight excluding hydrogens is 1070 g/mol. The van der Waals surface area contributed by atoms with E-state index < -0.39 is 156 Å². The number of aliphatic hydroxyl groups excluding tert-OH is 2. The van der Waals surface area contributed by atoms with Gasteiger partial charge in [-0.15, -0.1) is 0 Å². The van der Waals surface area contributed by atoms with Gasteiger partial charge in [-0.3, -0.25) is 52.7 Å². The lowest BCUT2D eigenvalue weighted by atomic mass is 9.97. The monoisotopic (exact) mass is 1170 g/mol. The van der Waals surface area contributed by atoms with Crippen LogP contribution in [0.25, 0.3) is 0 Å². The maximum absolute atomic E-state index is 14.7. The van der Waals surface area contributed by atoms with E-state index in [-0.39, 0.29) is 75.5 Å². The van der Waals surface area contributed by atoms with Crippen LogP contribution in [0, 0.1) is 23.7 Å². The number of phenols is 1. The normalized spacial score (nSPS) is 27.4. The van der Waals surface area contributed by atoms with Crippen molar-refractivity contribution in [2.75, 3.05) is 19.6 Å². The number of nitrogens with one attached hydrogen (secondary N) is 8. The molecule has 4 rings (SSSR count). The number of aliphatic hydroxyl groups is 2. The summed E-state index contributed by atoms with van der Waals surface area (Å²) in [6, 6.07) is -5.80. The average Bonchev–Trinajstić information content (AvgIpc) is 3.83. The summed E-state index contributed by atoms with van der Waals surface area (Å²) in [4.78, 5) is 157. The van der Waals surface area contributed by atoms with Gasteiger partial charge >= 0.3 is 0 Å². The molecular formula is C58H93N11O14. The van der Waals surface area contributed by atoms with Crippen LogP contribution in [-0.2, 0) is 59.2 Å². The number of nitrogens with zero attached hydrogens (tertiary/aromatic N) is 2. The number of aromatic hydroxyl groups is 1. The van der Waals surface area contributed by atoms with Crippen LogP contribution >= 0.6 is 0 Å². The van der Waals surface area contributed by atoms with E-state index in [9.17, 15) is 68.1 Å². The largest absolute Gasteiger partial charge is 0.508 e. The molecule has 1 aromatic rings. The molecule has 0 aromatic heterocycles. The standard InChI is InChI=1S/C58H93N11O14/c1-10-11-12-13-14-15-36-25-47(74)62-40(20-21-46(59)73)57(82)69-30-39(72)27-45(69)58(83)68-29-38(71)26-44(68)54(79)64-43(24-35-16-18-37(70)19-17-35)52(77)63-42(23-32(4)5)53(78)66-50(34(8)9)56(81)67-49(33(6)7)55(80)65-41(22-31(2)3)51(76)60-28-48(75)61-36/h16-19,31-34,36,38-45,49-50,70-72H,10-15,20-30H2,1-9H3,(H2,59,73)(H,60,76)(H,61,75)(H,62,74)(H,63,77)(H,64,79)(H,65,80)(H,66,78)(H,67,81)/t36-,38-,39-,40+,41+,42-,43+,44+,45+,49-,50+/m1/s1.